The van der Waals surface area contributed by atoms with E-state index in [1.54, 1.807) is 24.2 Å². The molecule has 3 aliphatic heterocycles. The van der Waals surface area contributed by atoms with Crippen molar-refractivity contribution in [2.75, 3.05) is 20.6 Å². The Bertz CT molecular complexity index is 1060. The lowest BCUT2D eigenvalue weighted by Crippen LogP contribution is -2.62. The Kier molecular flexibility index (Phi) is 4.90. The quantitative estimate of drug-likeness (QED) is 0.651. The highest BCUT2D eigenvalue weighted by Gasteiger charge is 2.54. The van der Waals surface area contributed by atoms with E-state index in [1.165, 1.54) is 11.9 Å². The second kappa shape index (κ2) is 7.06. The van der Waals surface area contributed by atoms with Crippen molar-refractivity contribution in [3.05, 3.63) is 33.8 Å². The second-order valence-electron chi connectivity index (χ2n) is 8.64. The van der Waals surface area contributed by atoms with Gasteiger partial charge in [-0.25, -0.2) is 9.37 Å². The number of urea groups is 1. The number of benzene rings is 1. The smallest absolute Gasteiger partial charge is 0.270 e. The maximum atomic E-state index is 13.0. The largest absolute Gasteiger partial charge is 0.417 e. The Hall–Kier alpha value is -2.45. The van der Waals surface area contributed by atoms with Gasteiger partial charge in [-0.2, -0.15) is 0 Å². The molecular weight excluding hydrogens is 427 g/mol. The molecule has 158 valence electrons. The number of fused-ring (bicyclic) bond motifs is 2. The predicted octanol–water partition coefficient (Wildman–Crippen LogP) is 2.88. The molecule has 4 rings (SSSR count). The number of nitrogens with zero attached hydrogens (tertiary/aromatic N) is 6. The highest BCUT2D eigenvalue weighted by Crippen LogP contribution is 2.28. The molecule has 0 saturated carbocycles. The van der Waals surface area contributed by atoms with Crippen LogP contribution in [0.25, 0.3) is 0 Å². The van der Waals surface area contributed by atoms with Gasteiger partial charge in [-0.05, 0) is 17.7 Å². The van der Waals surface area contributed by atoms with Gasteiger partial charge in [0.15, 0.2) is 0 Å². The van der Waals surface area contributed by atoms with Crippen LogP contribution in [0.3, 0.4) is 0 Å². The zero-order chi connectivity index (χ0) is 22.0. The van der Waals surface area contributed by atoms with E-state index >= 15 is 0 Å². The molecule has 3 aliphatic rings. The van der Waals surface area contributed by atoms with Crippen molar-refractivity contribution in [2.45, 2.75) is 33.4 Å². The number of imide groups is 1. The van der Waals surface area contributed by atoms with Crippen LogP contribution in [0, 0.1) is 5.41 Å². The average molecular weight is 450 g/mol. The number of amides is 3. The SMILES string of the molecule is CN1C(=O)C2C(=NC3=[N+]2CC(C(C)(C)C)=NN3Cc2ccc(Cl)c(Cl)c2)N(C)C1=O. The zero-order valence-corrected chi connectivity index (χ0v) is 19.0. The third kappa shape index (κ3) is 3.28. The van der Waals surface area contributed by atoms with Crippen LogP contribution >= 0.6 is 23.2 Å². The molecule has 3 heterocycles. The molecule has 1 atom stereocenters. The number of guanidine groups is 1. The maximum absolute atomic E-state index is 13.0. The Morgan fingerprint density at radius 2 is 1.83 bits per heavy atom. The molecule has 0 aromatic heterocycles. The first-order valence-corrected chi connectivity index (χ1v) is 10.3. The molecule has 0 spiro atoms. The fourth-order valence-corrected chi connectivity index (χ4v) is 3.96. The predicted molar refractivity (Wildman–Crippen MR) is 116 cm³/mol. The number of amidine groups is 1. The molecule has 8 nitrogen and oxygen atoms in total. The lowest BCUT2D eigenvalue weighted by atomic mass is 9.89. The first-order chi connectivity index (χ1) is 14.0. The lowest BCUT2D eigenvalue weighted by Gasteiger charge is -2.33. The van der Waals surface area contributed by atoms with E-state index in [0.717, 1.165) is 16.2 Å². The summed E-state index contributed by atoms with van der Waals surface area (Å²) < 4.78 is 1.92. The summed E-state index contributed by atoms with van der Waals surface area (Å²) in [5.74, 6) is 0.663. The highest BCUT2D eigenvalue weighted by atomic mass is 35.5. The highest BCUT2D eigenvalue weighted by molar-refractivity contribution is 6.42. The van der Waals surface area contributed by atoms with Gasteiger partial charge in [0, 0.05) is 19.5 Å². The molecule has 1 aromatic carbocycles. The van der Waals surface area contributed by atoms with Crippen molar-refractivity contribution in [1.29, 1.82) is 0 Å². The van der Waals surface area contributed by atoms with Crippen LogP contribution in [0.5, 0.6) is 0 Å². The van der Waals surface area contributed by atoms with E-state index in [0.29, 0.717) is 34.9 Å². The fourth-order valence-electron chi connectivity index (χ4n) is 3.64. The summed E-state index contributed by atoms with van der Waals surface area (Å²) in [5.41, 5.74) is 1.60. The number of likely N-dealkylation sites (N-methyl/N-ethyl adjacent to an activating group) is 2. The van der Waals surface area contributed by atoms with Gasteiger partial charge in [0.2, 0.25) is 11.9 Å². The van der Waals surface area contributed by atoms with Crippen LogP contribution in [-0.4, -0.2) is 75.5 Å². The summed E-state index contributed by atoms with van der Waals surface area (Å²) in [6.45, 7) is 7.09. The van der Waals surface area contributed by atoms with Crippen molar-refractivity contribution in [3.63, 3.8) is 0 Å². The summed E-state index contributed by atoms with van der Waals surface area (Å²) in [6, 6.07) is 4.36. The minimum Gasteiger partial charge on any atom is -0.270 e. The minimum absolute atomic E-state index is 0.213. The summed E-state index contributed by atoms with van der Waals surface area (Å²) in [5, 5.41) is 7.55. The molecule has 0 bridgehead atoms. The number of carbonyl (C=O) groups is 2. The van der Waals surface area contributed by atoms with Gasteiger partial charge in [-0.3, -0.25) is 14.6 Å². The Balaban J connectivity index is 1.78. The lowest BCUT2D eigenvalue weighted by molar-refractivity contribution is -0.528. The molecule has 30 heavy (non-hydrogen) atoms. The number of carbonyl (C=O) groups excluding carboxylic acids is 2. The zero-order valence-electron chi connectivity index (χ0n) is 17.5. The van der Waals surface area contributed by atoms with Gasteiger partial charge in [-0.15, -0.1) is 10.1 Å². The van der Waals surface area contributed by atoms with E-state index in [9.17, 15) is 9.59 Å². The van der Waals surface area contributed by atoms with Crippen LogP contribution in [0.1, 0.15) is 26.3 Å². The molecule has 0 radical (unpaired) electrons. The van der Waals surface area contributed by atoms with Gasteiger partial charge in [0.05, 0.1) is 15.8 Å². The standard InChI is InChI=1S/C20H23Cl2N6O2/c1-20(2,3)14-10-27-15-16(25(4)19(30)26(5)17(15)29)23-18(27)28(24-14)9-11-6-7-12(21)13(22)8-11/h6-8,15H,9-10H2,1-5H3/q+1. The number of halogens is 2. The fraction of sp³-hybridized carbons (Fsp3) is 0.450. The van der Waals surface area contributed by atoms with Crippen molar-refractivity contribution in [2.24, 2.45) is 15.5 Å². The monoisotopic (exact) mass is 449 g/mol. The molecule has 1 aromatic rings. The normalized spacial score (nSPS) is 21.7. The third-order valence-electron chi connectivity index (χ3n) is 5.48. The van der Waals surface area contributed by atoms with Crippen molar-refractivity contribution >= 4 is 52.6 Å². The Morgan fingerprint density at radius 3 is 2.47 bits per heavy atom. The first kappa shape index (κ1) is 20.8. The summed E-state index contributed by atoms with van der Waals surface area (Å²) in [7, 11) is 3.12. The van der Waals surface area contributed by atoms with Crippen LogP contribution in [-0.2, 0) is 11.3 Å². The van der Waals surface area contributed by atoms with Crippen molar-refractivity contribution in [3.8, 4) is 0 Å². The average Bonchev–Trinajstić information content (AvgIpc) is 3.07. The number of hydrogen-bond acceptors (Lipinski definition) is 5. The molecule has 1 unspecified atom stereocenters. The van der Waals surface area contributed by atoms with Gasteiger partial charge in [0.1, 0.15) is 13.1 Å². The Labute approximate surface area is 185 Å². The van der Waals surface area contributed by atoms with Crippen molar-refractivity contribution in [1.82, 2.24) is 14.8 Å². The van der Waals surface area contributed by atoms with Gasteiger partial charge in [-0.1, -0.05) is 55.0 Å². The summed E-state index contributed by atoms with van der Waals surface area (Å²) in [6.07, 6.45) is 0. The van der Waals surface area contributed by atoms with E-state index in [2.05, 4.69) is 25.8 Å². The van der Waals surface area contributed by atoms with Gasteiger partial charge < -0.3 is 0 Å². The van der Waals surface area contributed by atoms with E-state index in [4.69, 9.17) is 28.3 Å². The maximum Gasteiger partial charge on any atom is 0.417 e. The topological polar surface area (TPSA) is 71.6 Å². The van der Waals surface area contributed by atoms with E-state index in [-0.39, 0.29) is 11.3 Å². The van der Waals surface area contributed by atoms with Crippen LogP contribution in [0.4, 0.5) is 4.79 Å². The van der Waals surface area contributed by atoms with E-state index in [1.807, 2.05) is 10.6 Å². The van der Waals surface area contributed by atoms with Crippen LogP contribution in [0.2, 0.25) is 10.0 Å². The molecule has 1 saturated heterocycles. The molecule has 3 amide bonds. The number of hydrazone groups is 1. The van der Waals surface area contributed by atoms with Crippen LogP contribution in [0.15, 0.2) is 28.3 Å². The summed E-state index contributed by atoms with van der Waals surface area (Å²) >= 11 is 12.2. The minimum atomic E-state index is -0.656. The molecule has 0 aliphatic carbocycles. The molecule has 0 N–H and O–H groups in total. The number of hydrogen-bond donors (Lipinski definition) is 0. The molecular formula is C20H23Cl2N6O2+. The first-order valence-electron chi connectivity index (χ1n) is 9.56. The third-order valence-corrected chi connectivity index (χ3v) is 6.22. The van der Waals surface area contributed by atoms with Gasteiger partial charge in [0.25, 0.3) is 5.91 Å². The second-order valence-corrected chi connectivity index (χ2v) is 9.46. The summed E-state index contributed by atoms with van der Waals surface area (Å²) in [4.78, 5) is 32.6. The molecule has 1 fully saturated rings. The number of aliphatic imine (C=N–C) groups is 1. The van der Waals surface area contributed by atoms with Gasteiger partial charge >= 0.3 is 12.0 Å². The Morgan fingerprint density at radius 1 is 1.13 bits per heavy atom. The molecule has 10 heteroatoms. The number of rotatable bonds is 2. The van der Waals surface area contributed by atoms with Crippen molar-refractivity contribution < 1.29 is 14.2 Å². The van der Waals surface area contributed by atoms with E-state index < -0.39 is 12.1 Å². The van der Waals surface area contributed by atoms with Crippen LogP contribution < -0.4 is 0 Å².